The van der Waals surface area contributed by atoms with Crippen molar-refractivity contribution in [3.8, 4) is 11.8 Å². The topological polar surface area (TPSA) is 57.8 Å². The largest absolute Gasteiger partial charge is 0.367 e. The van der Waals surface area contributed by atoms with Gasteiger partial charge in [0.15, 0.2) is 0 Å². The van der Waals surface area contributed by atoms with Crippen LogP contribution in [-0.4, -0.2) is 16.0 Å². The van der Waals surface area contributed by atoms with Crippen LogP contribution < -0.4 is 10.9 Å². The molecule has 0 saturated heterocycles. The smallest absolute Gasteiger partial charge is 0.258 e. The molecule has 0 bridgehead atoms. The molecule has 0 amide bonds. The number of aryl methyl sites for hydroxylation is 1. The Morgan fingerprint density at radius 2 is 1.78 bits per heavy atom. The fourth-order valence-corrected chi connectivity index (χ4v) is 3.82. The third-order valence-corrected chi connectivity index (χ3v) is 6.42. The van der Waals surface area contributed by atoms with Crippen molar-refractivity contribution in [1.29, 1.82) is 0 Å². The third-order valence-electron chi connectivity index (χ3n) is 5.93. The summed E-state index contributed by atoms with van der Waals surface area (Å²) < 4.78 is 0.906. The molecule has 0 aliphatic heterocycles. The second-order valence-corrected chi connectivity index (χ2v) is 10.1. The standard InChI is InChI=1S/C27H26BrN3O/c1-16-8-6-7-9-18(16)10-11-19-15-29-26(32)23-22-14-20(28)12-13-21(22)25(31-24(19)23)30-17(2)27(3,4)5/h6-9,12-15,17H,1-5H3,(H,29,32)(H,30,31). The SMILES string of the molecule is Cc1ccccc1C#Cc1c[nH]c(=O)c2c1nc(NC(C)C(C)(C)C)c1ccc(Br)cc12. The van der Waals surface area contributed by atoms with E-state index in [9.17, 15) is 4.79 Å². The summed E-state index contributed by atoms with van der Waals surface area (Å²) in [5.74, 6) is 7.24. The zero-order chi connectivity index (χ0) is 23.0. The van der Waals surface area contributed by atoms with Crippen LogP contribution in [0.3, 0.4) is 0 Å². The minimum Gasteiger partial charge on any atom is -0.367 e. The number of rotatable bonds is 2. The Morgan fingerprint density at radius 1 is 1.06 bits per heavy atom. The summed E-state index contributed by atoms with van der Waals surface area (Å²) in [7, 11) is 0. The molecule has 32 heavy (non-hydrogen) atoms. The second kappa shape index (κ2) is 8.44. The number of benzene rings is 2. The Hall–Kier alpha value is -3.10. The van der Waals surface area contributed by atoms with E-state index in [1.807, 2.05) is 49.4 Å². The molecule has 0 fully saturated rings. The van der Waals surface area contributed by atoms with Crippen molar-refractivity contribution in [3.63, 3.8) is 0 Å². The Kier molecular flexibility index (Phi) is 5.83. The molecule has 5 heteroatoms. The van der Waals surface area contributed by atoms with Gasteiger partial charge in [-0.25, -0.2) is 4.98 Å². The van der Waals surface area contributed by atoms with Gasteiger partial charge in [-0.2, -0.15) is 0 Å². The average Bonchev–Trinajstić information content (AvgIpc) is 2.73. The van der Waals surface area contributed by atoms with Crippen molar-refractivity contribution in [1.82, 2.24) is 9.97 Å². The highest BCUT2D eigenvalue weighted by atomic mass is 79.9. The van der Waals surface area contributed by atoms with E-state index in [2.05, 4.69) is 65.8 Å². The summed E-state index contributed by atoms with van der Waals surface area (Å²) in [4.78, 5) is 20.7. The van der Waals surface area contributed by atoms with E-state index in [-0.39, 0.29) is 17.0 Å². The first-order valence-electron chi connectivity index (χ1n) is 10.6. The maximum Gasteiger partial charge on any atom is 0.258 e. The third kappa shape index (κ3) is 4.28. The Balaban J connectivity index is 2.00. The van der Waals surface area contributed by atoms with Crippen molar-refractivity contribution in [2.75, 3.05) is 5.32 Å². The molecule has 0 radical (unpaired) electrons. The van der Waals surface area contributed by atoms with Crippen molar-refractivity contribution in [3.05, 3.63) is 80.2 Å². The predicted octanol–water partition coefficient (Wildman–Crippen LogP) is 6.39. The molecule has 0 aliphatic carbocycles. The monoisotopic (exact) mass is 487 g/mol. The van der Waals surface area contributed by atoms with E-state index in [4.69, 9.17) is 4.98 Å². The molecule has 0 aliphatic rings. The first kappa shape index (κ1) is 22.1. The fraction of sp³-hybridized carbons (Fsp3) is 0.259. The van der Waals surface area contributed by atoms with Crippen LogP contribution in [0.1, 0.15) is 44.4 Å². The van der Waals surface area contributed by atoms with Crippen LogP contribution >= 0.6 is 15.9 Å². The molecule has 4 aromatic rings. The van der Waals surface area contributed by atoms with Crippen LogP contribution in [0.2, 0.25) is 0 Å². The number of nitrogens with one attached hydrogen (secondary N) is 2. The van der Waals surface area contributed by atoms with E-state index in [0.29, 0.717) is 16.5 Å². The van der Waals surface area contributed by atoms with Gasteiger partial charge in [-0.3, -0.25) is 4.79 Å². The predicted molar refractivity (Wildman–Crippen MR) is 137 cm³/mol. The van der Waals surface area contributed by atoms with Crippen molar-refractivity contribution < 1.29 is 0 Å². The maximum absolute atomic E-state index is 12.9. The molecular weight excluding hydrogens is 462 g/mol. The fourth-order valence-electron chi connectivity index (χ4n) is 3.46. The molecule has 2 aromatic heterocycles. The number of hydrogen-bond acceptors (Lipinski definition) is 3. The van der Waals surface area contributed by atoms with Crippen molar-refractivity contribution in [2.24, 2.45) is 5.41 Å². The summed E-state index contributed by atoms with van der Waals surface area (Å²) in [5, 5.41) is 5.88. The second-order valence-electron chi connectivity index (χ2n) is 9.20. The maximum atomic E-state index is 12.9. The number of aromatic nitrogens is 2. The number of H-pyrrole nitrogens is 1. The number of anilines is 1. The zero-order valence-corrected chi connectivity index (χ0v) is 20.5. The zero-order valence-electron chi connectivity index (χ0n) is 18.9. The molecule has 1 unspecified atom stereocenters. The molecule has 0 spiro atoms. The lowest BCUT2D eigenvalue weighted by molar-refractivity contribution is 0.359. The van der Waals surface area contributed by atoms with Crippen LogP contribution in [0.25, 0.3) is 21.7 Å². The summed E-state index contributed by atoms with van der Waals surface area (Å²) in [6.45, 7) is 10.7. The minimum absolute atomic E-state index is 0.0416. The summed E-state index contributed by atoms with van der Waals surface area (Å²) in [6.07, 6.45) is 1.66. The van der Waals surface area contributed by atoms with Crippen LogP contribution in [-0.2, 0) is 0 Å². The van der Waals surface area contributed by atoms with Crippen LogP contribution in [0.5, 0.6) is 0 Å². The van der Waals surface area contributed by atoms with Crippen LogP contribution in [0.4, 0.5) is 5.82 Å². The highest BCUT2D eigenvalue weighted by molar-refractivity contribution is 9.10. The van der Waals surface area contributed by atoms with E-state index < -0.39 is 0 Å². The quantitative estimate of drug-likeness (QED) is 0.254. The van der Waals surface area contributed by atoms with E-state index >= 15 is 0 Å². The van der Waals surface area contributed by atoms with Gasteiger partial charge in [0.2, 0.25) is 0 Å². The Morgan fingerprint density at radius 3 is 2.50 bits per heavy atom. The first-order valence-corrected chi connectivity index (χ1v) is 11.4. The molecule has 2 N–H and O–H groups in total. The lowest BCUT2D eigenvalue weighted by Crippen LogP contribution is -2.31. The highest BCUT2D eigenvalue weighted by Crippen LogP contribution is 2.33. The summed E-state index contributed by atoms with van der Waals surface area (Å²) in [5.41, 5.74) is 3.22. The highest BCUT2D eigenvalue weighted by Gasteiger charge is 2.22. The molecule has 2 heterocycles. The van der Waals surface area contributed by atoms with Crippen molar-refractivity contribution in [2.45, 2.75) is 40.7 Å². The normalized spacial score (nSPS) is 12.4. The van der Waals surface area contributed by atoms with Gasteiger partial charge in [-0.1, -0.05) is 66.7 Å². The number of hydrogen-bond donors (Lipinski definition) is 2. The van der Waals surface area contributed by atoms with Crippen LogP contribution in [0.15, 0.2) is 57.9 Å². The number of halogens is 1. The van der Waals surface area contributed by atoms with Gasteiger partial charge in [0, 0.05) is 33.0 Å². The molecule has 162 valence electrons. The van der Waals surface area contributed by atoms with Gasteiger partial charge in [0.1, 0.15) is 5.82 Å². The number of aromatic amines is 1. The number of fused-ring (bicyclic) bond motifs is 3. The van der Waals surface area contributed by atoms with Gasteiger partial charge in [0.25, 0.3) is 5.56 Å². The lowest BCUT2D eigenvalue weighted by Gasteiger charge is -2.29. The summed E-state index contributed by atoms with van der Waals surface area (Å²) >= 11 is 3.56. The van der Waals surface area contributed by atoms with Gasteiger partial charge >= 0.3 is 0 Å². The Labute approximate surface area is 196 Å². The van der Waals surface area contributed by atoms with E-state index in [0.717, 1.165) is 32.2 Å². The minimum atomic E-state index is -0.174. The molecule has 1 atom stereocenters. The van der Waals surface area contributed by atoms with E-state index in [1.165, 1.54) is 0 Å². The Bertz CT molecular complexity index is 1450. The molecule has 0 saturated carbocycles. The lowest BCUT2D eigenvalue weighted by atomic mass is 9.88. The van der Waals surface area contributed by atoms with Crippen LogP contribution in [0, 0.1) is 24.2 Å². The first-order chi connectivity index (χ1) is 15.1. The molecule has 2 aromatic carbocycles. The van der Waals surface area contributed by atoms with Crippen molar-refractivity contribution >= 4 is 43.4 Å². The van der Waals surface area contributed by atoms with Gasteiger partial charge in [-0.15, -0.1) is 0 Å². The summed E-state index contributed by atoms with van der Waals surface area (Å²) in [6, 6.07) is 14.1. The molecule has 4 rings (SSSR count). The number of nitrogens with zero attached hydrogens (tertiary/aromatic N) is 1. The molecule has 4 nitrogen and oxygen atoms in total. The van der Waals surface area contributed by atoms with Gasteiger partial charge in [-0.05, 0) is 49.1 Å². The van der Waals surface area contributed by atoms with E-state index in [1.54, 1.807) is 6.20 Å². The number of pyridine rings is 2. The average molecular weight is 488 g/mol. The molecular formula is C27H26BrN3O. The van der Waals surface area contributed by atoms with Gasteiger partial charge in [0.05, 0.1) is 16.5 Å². The van der Waals surface area contributed by atoms with Gasteiger partial charge < -0.3 is 10.3 Å².